The van der Waals surface area contributed by atoms with Gasteiger partial charge in [-0.05, 0) is 36.8 Å². The predicted molar refractivity (Wildman–Crippen MR) is 75.1 cm³/mol. The van der Waals surface area contributed by atoms with Crippen LogP contribution in [0.3, 0.4) is 0 Å². The summed E-state index contributed by atoms with van der Waals surface area (Å²) >= 11 is 0. The van der Waals surface area contributed by atoms with Gasteiger partial charge < -0.3 is 5.73 Å². The maximum atomic E-state index is 12.4. The van der Waals surface area contributed by atoms with Crippen LogP contribution in [0.5, 0.6) is 0 Å². The number of aromatic nitrogens is 2. The highest BCUT2D eigenvalue weighted by molar-refractivity contribution is 7.89. The fourth-order valence-corrected chi connectivity index (χ4v) is 3.27. The highest BCUT2D eigenvalue weighted by Crippen LogP contribution is 2.17. The highest BCUT2D eigenvalue weighted by Gasteiger charge is 2.21. The second kappa shape index (κ2) is 6.08. The molecular weight excluding hydrogens is 276 g/mol. The summed E-state index contributed by atoms with van der Waals surface area (Å²) in [7, 11) is -3.66. The molecule has 1 unspecified atom stereocenters. The summed E-state index contributed by atoms with van der Waals surface area (Å²) in [4.78, 5) is 8.01. The largest absolute Gasteiger partial charge is 0.325 e. The molecule has 7 heteroatoms. The van der Waals surface area contributed by atoms with Crippen LogP contribution in [-0.4, -0.2) is 18.4 Å². The van der Waals surface area contributed by atoms with Gasteiger partial charge in [-0.2, -0.15) is 0 Å². The van der Waals surface area contributed by atoms with Crippen molar-refractivity contribution in [1.29, 1.82) is 0 Å². The molecule has 2 rings (SSSR count). The van der Waals surface area contributed by atoms with Gasteiger partial charge in [0.25, 0.3) is 0 Å². The Morgan fingerprint density at radius 1 is 1.25 bits per heavy atom. The Morgan fingerprint density at radius 2 is 1.95 bits per heavy atom. The molecule has 0 amide bonds. The van der Waals surface area contributed by atoms with Crippen LogP contribution in [0.15, 0.2) is 47.8 Å². The fourth-order valence-electron chi connectivity index (χ4n) is 1.84. The van der Waals surface area contributed by atoms with Crippen LogP contribution in [-0.2, 0) is 16.6 Å². The topological polar surface area (TPSA) is 98.0 Å². The fraction of sp³-hybridized carbons (Fsp3) is 0.231. The van der Waals surface area contributed by atoms with Crippen LogP contribution in [0.4, 0.5) is 0 Å². The second-order valence-corrected chi connectivity index (χ2v) is 5.96. The normalized spacial score (nSPS) is 13.1. The van der Waals surface area contributed by atoms with Crippen molar-refractivity contribution in [2.75, 3.05) is 0 Å². The Morgan fingerprint density at radius 3 is 2.60 bits per heavy atom. The summed E-state index contributed by atoms with van der Waals surface area (Å²) in [6.45, 7) is 1.84. The molecule has 106 valence electrons. The molecule has 20 heavy (non-hydrogen) atoms. The summed E-state index contributed by atoms with van der Waals surface area (Å²) < 4.78 is 27.4. The molecule has 0 bridgehead atoms. The van der Waals surface area contributed by atoms with Crippen LogP contribution in [0.2, 0.25) is 0 Å². The zero-order valence-electron chi connectivity index (χ0n) is 11.0. The molecule has 3 N–H and O–H groups in total. The van der Waals surface area contributed by atoms with E-state index in [1.807, 2.05) is 0 Å². The zero-order chi connectivity index (χ0) is 14.6. The van der Waals surface area contributed by atoms with E-state index < -0.39 is 10.0 Å². The monoisotopic (exact) mass is 292 g/mol. The molecule has 0 saturated heterocycles. The van der Waals surface area contributed by atoms with Crippen molar-refractivity contribution in [1.82, 2.24) is 14.7 Å². The summed E-state index contributed by atoms with van der Waals surface area (Å²) in [6.07, 6.45) is 4.76. The Labute approximate surface area is 118 Å². The maximum absolute atomic E-state index is 12.4. The Bertz CT molecular complexity index is 674. The molecule has 2 heterocycles. The van der Waals surface area contributed by atoms with Gasteiger partial charge in [-0.3, -0.25) is 9.97 Å². The second-order valence-electron chi connectivity index (χ2n) is 4.28. The van der Waals surface area contributed by atoms with Crippen molar-refractivity contribution >= 4 is 10.0 Å². The van der Waals surface area contributed by atoms with Crippen molar-refractivity contribution in [3.8, 4) is 0 Å². The molecule has 2 aromatic heterocycles. The van der Waals surface area contributed by atoms with E-state index in [9.17, 15) is 8.42 Å². The van der Waals surface area contributed by atoms with Gasteiger partial charge in [0.15, 0.2) is 0 Å². The molecular formula is C13H16N4O2S. The van der Waals surface area contributed by atoms with E-state index in [-0.39, 0.29) is 17.5 Å². The first-order chi connectivity index (χ1) is 9.54. The quantitative estimate of drug-likeness (QED) is 0.856. The summed E-state index contributed by atoms with van der Waals surface area (Å²) in [6, 6.07) is 6.23. The molecule has 0 saturated carbocycles. The molecule has 0 aromatic carbocycles. The van der Waals surface area contributed by atoms with E-state index in [0.29, 0.717) is 5.69 Å². The summed E-state index contributed by atoms with van der Waals surface area (Å²) in [5, 5.41) is 0. The number of pyridine rings is 2. The first-order valence-electron chi connectivity index (χ1n) is 6.11. The molecule has 2 aromatic rings. The van der Waals surface area contributed by atoms with Crippen molar-refractivity contribution in [2.24, 2.45) is 5.73 Å². The number of nitrogens with zero attached hydrogens (tertiary/aromatic N) is 2. The zero-order valence-corrected chi connectivity index (χ0v) is 11.8. The third kappa shape index (κ3) is 3.19. The predicted octanol–water partition coefficient (Wildman–Crippen LogP) is 0.975. The van der Waals surface area contributed by atoms with E-state index in [1.54, 1.807) is 37.5 Å². The molecule has 0 aliphatic carbocycles. The Hall–Kier alpha value is -1.83. The number of nitrogens with two attached hydrogens (primary N) is 1. The molecule has 0 radical (unpaired) electrons. The minimum Gasteiger partial charge on any atom is -0.325 e. The van der Waals surface area contributed by atoms with Crippen LogP contribution in [0, 0.1) is 0 Å². The molecule has 0 aliphatic rings. The van der Waals surface area contributed by atoms with Gasteiger partial charge in [0.05, 0.1) is 5.69 Å². The number of rotatable bonds is 5. The van der Waals surface area contributed by atoms with E-state index in [1.165, 1.54) is 12.3 Å². The van der Waals surface area contributed by atoms with Crippen molar-refractivity contribution < 1.29 is 8.42 Å². The molecule has 0 fully saturated rings. The van der Waals surface area contributed by atoms with Crippen molar-refractivity contribution in [2.45, 2.75) is 24.4 Å². The number of sulfonamides is 1. The van der Waals surface area contributed by atoms with Crippen molar-refractivity contribution in [3.05, 3.63) is 54.1 Å². The van der Waals surface area contributed by atoms with Crippen molar-refractivity contribution in [3.63, 3.8) is 0 Å². The lowest BCUT2D eigenvalue weighted by molar-refractivity contribution is 0.565. The average Bonchev–Trinajstić information content (AvgIpc) is 2.47. The first kappa shape index (κ1) is 14.6. The van der Waals surface area contributed by atoms with Crippen LogP contribution in [0.25, 0.3) is 0 Å². The van der Waals surface area contributed by atoms with E-state index in [2.05, 4.69) is 14.7 Å². The first-order valence-corrected chi connectivity index (χ1v) is 7.59. The molecule has 0 spiro atoms. The average molecular weight is 292 g/mol. The third-order valence-electron chi connectivity index (χ3n) is 2.87. The highest BCUT2D eigenvalue weighted by atomic mass is 32.2. The minimum atomic E-state index is -3.66. The summed E-state index contributed by atoms with van der Waals surface area (Å²) in [5.41, 5.74) is 6.71. The van der Waals surface area contributed by atoms with Crippen LogP contribution >= 0.6 is 0 Å². The Kier molecular flexibility index (Phi) is 4.43. The van der Waals surface area contributed by atoms with E-state index in [0.717, 1.165) is 5.56 Å². The number of nitrogens with one attached hydrogen (secondary N) is 1. The van der Waals surface area contributed by atoms with Crippen LogP contribution in [0.1, 0.15) is 24.2 Å². The lowest BCUT2D eigenvalue weighted by atomic mass is 10.1. The van der Waals surface area contributed by atoms with Gasteiger partial charge in [0.2, 0.25) is 10.0 Å². The van der Waals surface area contributed by atoms with E-state index in [4.69, 9.17) is 5.73 Å². The summed E-state index contributed by atoms with van der Waals surface area (Å²) in [5.74, 6) is 0. The molecule has 6 nitrogen and oxygen atoms in total. The number of hydrogen-bond donors (Lipinski definition) is 2. The lowest BCUT2D eigenvalue weighted by Gasteiger charge is -2.15. The molecule has 1 atom stereocenters. The molecule has 0 aliphatic heterocycles. The standard InChI is InChI=1S/C13H16N4O2S/c1-10(11-4-7-15-8-5-11)17-20(18,19)13-3-2-6-16-12(13)9-14/h2-8,10,17H,9,14H2,1H3. The van der Waals surface area contributed by atoms with Gasteiger partial charge in [0, 0.05) is 31.2 Å². The van der Waals surface area contributed by atoms with Gasteiger partial charge in [-0.1, -0.05) is 0 Å². The maximum Gasteiger partial charge on any atom is 0.242 e. The SMILES string of the molecule is CC(NS(=O)(=O)c1cccnc1CN)c1ccncc1. The number of hydrogen-bond acceptors (Lipinski definition) is 5. The van der Waals surface area contributed by atoms with Gasteiger partial charge >= 0.3 is 0 Å². The van der Waals surface area contributed by atoms with Gasteiger partial charge in [-0.25, -0.2) is 13.1 Å². The van der Waals surface area contributed by atoms with Gasteiger partial charge in [0.1, 0.15) is 4.90 Å². The third-order valence-corrected chi connectivity index (χ3v) is 4.48. The van der Waals surface area contributed by atoms with Crippen LogP contribution < -0.4 is 10.5 Å². The Balaban J connectivity index is 2.28. The smallest absolute Gasteiger partial charge is 0.242 e. The lowest BCUT2D eigenvalue weighted by Crippen LogP contribution is -2.28. The van der Waals surface area contributed by atoms with Gasteiger partial charge in [-0.15, -0.1) is 0 Å². The van der Waals surface area contributed by atoms with E-state index >= 15 is 0 Å². The minimum absolute atomic E-state index is 0.0702.